The van der Waals surface area contributed by atoms with Crippen molar-refractivity contribution < 1.29 is 40.3 Å². The quantitative estimate of drug-likeness (QED) is 0.619. The first-order chi connectivity index (χ1) is 12.4. The van der Waals surface area contributed by atoms with E-state index in [1.807, 2.05) is 0 Å². The van der Waals surface area contributed by atoms with Crippen molar-refractivity contribution in [2.45, 2.75) is 31.2 Å². The summed E-state index contributed by atoms with van der Waals surface area (Å²) < 4.78 is 88.0. The number of allylic oxidation sites excluding steroid dienone is 1. The number of benzene rings is 1. The monoisotopic (exact) mass is 398 g/mol. The minimum absolute atomic E-state index is 0.191. The summed E-state index contributed by atoms with van der Waals surface area (Å²) in [6, 6.07) is 0.939. The average Bonchev–Trinajstić information content (AvgIpc) is 3.01. The molecule has 11 heteroatoms. The van der Waals surface area contributed by atoms with Crippen LogP contribution in [-0.2, 0) is 15.8 Å². The first-order valence-corrected chi connectivity index (χ1v) is 7.62. The molecule has 0 radical (unpaired) electrons. The smallest absolute Gasteiger partial charge is 0.365 e. The predicted molar refractivity (Wildman–Crippen MR) is 80.0 cm³/mol. The molecule has 0 saturated carbocycles. The van der Waals surface area contributed by atoms with Gasteiger partial charge in [-0.2, -0.15) is 26.3 Å². The van der Waals surface area contributed by atoms with Gasteiger partial charge in [-0.15, -0.1) is 0 Å². The molecular formula is C16H13F7N2O2. The van der Waals surface area contributed by atoms with Gasteiger partial charge in [-0.3, -0.25) is 9.59 Å². The van der Waals surface area contributed by atoms with Gasteiger partial charge in [0.15, 0.2) is 0 Å². The van der Waals surface area contributed by atoms with Gasteiger partial charge in [-0.05, 0) is 31.0 Å². The summed E-state index contributed by atoms with van der Waals surface area (Å²) in [4.78, 5) is 24.3. The molecule has 1 N–H and O–H groups in total. The number of nitrogens with zero attached hydrogens (tertiary/aromatic N) is 1. The molecule has 1 heterocycles. The molecule has 1 aliphatic heterocycles. The van der Waals surface area contributed by atoms with Gasteiger partial charge in [0.25, 0.3) is 5.78 Å². The fraction of sp³-hybridized carbons (Fsp3) is 0.375. The zero-order chi connectivity index (χ0) is 20.4. The SMILES string of the molecule is O=C(Nc1ccc(F)c(C(F)(F)F)c1)C1CCCN1/C=C/C(=O)C(F)(F)F. The van der Waals surface area contributed by atoms with E-state index in [0.29, 0.717) is 18.6 Å². The van der Waals surface area contributed by atoms with Crippen LogP contribution in [0.5, 0.6) is 0 Å². The van der Waals surface area contributed by atoms with Crippen LogP contribution in [0.2, 0.25) is 0 Å². The lowest BCUT2D eigenvalue weighted by molar-refractivity contribution is -0.165. The Kier molecular flexibility index (Phi) is 5.81. The van der Waals surface area contributed by atoms with Gasteiger partial charge >= 0.3 is 12.4 Å². The fourth-order valence-electron chi connectivity index (χ4n) is 2.55. The number of rotatable bonds is 4. The second-order valence-corrected chi connectivity index (χ2v) is 5.76. The Morgan fingerprint density at radius 3 is 2.41 bits per heavy atom. The highest BCUT2D eigenvalue weighted by Gasteiger charge is 2.37. The Hall–Kier alpha value is -2.59. The molecule has 1 unspecified atom stereocenters. The number of ketones is 1. The largest absolute Gasteiger partial charge is 0.454 e. The van der Waals surface area contributed by atoms with Crippen LogP contribution >= 0.6 is 0 Å². The third kappa shape index (κ3) is 5.20. The molecule has 1 amide bonds. The lowest BCUT2D eigenvalue weighted by Crippen LogP contribution is -2.37. The van der Waals surface area contributed by atoms with Crippen molar-refractivity contribution in [3.05, 3.63) is 41.9 Å². The predicted octanol–water partition coefficient (Wildman–Crippen LogP) is 3.89. The number of alkyl halides is 6. The molecule has 0 spiro atoms. The number of anilines is 1. The molecular weight excluding hydrogens is 385 g/mol. The lowest BCUT2D eigenvalue weighted by Gasteiger charge is -2.22. The topological polar surface area (TPSA) is 49.4 Å². The maximum absolute atomic E-state index is 13.3. The van der Waals surface area contributed by atoms with Crippen LogP contribution in [-0.4, -0.2) is 35.4 Å². The molecule has 148 valence electrons. The maximum Gasteiger partial charge on any atom is 0.454 e. The molecule has 1 aromatic rings. The zero-order valence-electron chi connectivity index (χ0n) is 13.5. The van der Waals surface area contributed by atoms with Crippen molar-refractivity contribution in [1.82, 2.24) is 4.90 Å². The molecule has 1 aliphatic rings. The average molecular weight is 398 g/mol. The summed E-state index contributed by atoms with van der Waals surface area (Å²) in [6.45, 7) is 0.191. The van der Waals surface area contributed by atoms with Crippen LogP contribution in [0.4, 0.5) is 36.4 Å². The van der Waals surface area contributed by atoms with Gasteiger partial charge in [-0.1, -0.05) is 0 Å². The number of amides is 1. The fourth-order valence-corrected chi connectivity index (χ4v) is 2.55. The van der Waals surface area contributed by atoms with Gasteiger partial charge < -0.3 is 10.2 Å². The van der Waals surface area contributed by atoms with Gasteiger partial charge in [-0.25, -0.2) is 4.39 Å². The van der Waals surface area contributed by atoms with Gasteiger partial charge in [0, 0.05) is 24.5 Å². The molecule has 4 nitrogen and oxygen atoms in total. The summed E-state index contributed by atoms with van der Waals surface area (Å²) >= 11 is 0. The van der Waals surface area contributed by atoms with E-state index in [-0.39, 0.29) is 24.7 Å². The van der Waals surface area contributed by atoms with E-state index < -0.39 is 41.5 Å². The standard InChI is InChI=1S/C16H13F7N2O2/c17-11-4-3-9(8-10(11)15(18,19)20)24-14(27)12-2-1-6-25(12)7-5-13(26)16(21,22)23/h3-5,7-8,12H,1-2,6H2,(H,24,27)/b7-5+. The molecule has 1 atom stereocenters. The van der Waals surface area contributed by atoms with Crippen molar-refractivity contribution in [2.24, 2.45) is 0 Å². The number of likely N-dealkylation sites (tertiary alicyclic amines) is 1. The Morgan fingerprint density at radius 1 is 1.15 bits per heavy atom. The first-order valence-electron chi connectivity index (χ1n) is 7.62. The Bertz CT molecular complexity index is 756. The van der Waals surface area contributed by atoms with Crippen molar-refractivity contribution in [2.75, 3.05) is 11.9 Å². The maximum atomic E-state index is 13.3. The molecule has 0 aromatic heterocycles. The molecule has 0 aliphatic carbocycles. The van der Waals surface area contributed by atoms with Crippen molar-refractivity contribution >= 4 is 17.4 Å². The van der Waals surface area contributed by atoms with Crippen LogP contribution in [0.15, 0.2) is 30.5 Å². The number of halogens is 7. The van der Waals surface area contributed by atoms with Gasteiger partial charge in [0.1, 0.15) is 11.9 Å². The number of hydrogen-bond donors (Lipinski definition) is 1. The molecule has 2 rings (SSSR count). The van der Waals surface area contributed by atoms with Crippen LogP contribution in [0.3, 0.4) is 0 Å². The highest BCUT2D eigenvalue weighted by Crippen LogP contribution is 2.33. The summed E-state index contributed by atoms with van der Waals surface area (Å²) in [6.07, 6.45) is -8.23. The summed E-state index contributed by atoms with van der Waals surface area (Å²) in [5, 5.41) is 2.18. The van der Waals surface area contributed by atoms with Crippen molar-refractivity contribution in [3.8, 4) is 0 Å². The van der Waals surface area contributed by atoms with E-state index in [1.165, 1.54) is 4.90 Å². The summed E-state index contributed by atoms with van der Waals surface area (Å²) in [5.74, 6) is -4.38. The van der Waals surface area contributed by atoms with Crippen LogP contribution in [0.1, 0.15) is 18.4 Å². The van der Waals surface area contributed by atoms with E-state index >= 15 is 0 Å². The number of hydrogen-bond acceptors (Lipinski definition) is 3. The normalized spacial score (nSPS) is 18.2. The molecule has 27 heavy (non-hydrogen) atoms. The zero-order valence-corrected chi connectivity index (χ0v) is 13.5. The van der Waals surface area contributed by atoms with Crippen molar-refractivity contribution in [1.29, 1.82) is 0 Å². The highest BCUT2D eigenvalue weighted by atomic mass is 19.4. The van der Waals surface area contributed by atoms with Crippen molar-refractivity contribution in [3.63, 3.8) is 0 Å². The van der Waals surface area contributed by atoms with Gasteiger partial charge in [0.05, 0.1) is 5.56 Å². The van der Waals surface area contributed by atoms with E-state index in [1.54, 1.807) is 0 Å². The van der Waals surface area contributed by atoms with E-state index in [9.17, 15) is 40.3 Å². The minimum atomic E-state index is -5.05. The highest BCUT2D eigenvalue weighted by molar-refractivity contribution is 5.96. The van der Waals surface area contributed by atoms with Gasteiger partial charge in [0.2, 0.25) is 5.91 Å². The number of nitrogens with one attached hydrogen (secondary N) is 1. The Labute approximate surface area is 148 Å². The molecule has 1 fully saturated rings. The minimum Gasteiger partial charge on any atom is -0.365 e. The second-order valence-electron chi connectivity index (χ2n) is 5.76. The summed E-state index contributed by atoms with van der Waals surface area (Å²) in [7, 11) is 0. The second kappa shape index (κ2) is 7.57. The third-order valence-corrected chi connectivity index (χ3v) is 3.83. The van der Waals surface area contributed by atoms with E-state index in [0.717, 1.165) is 12.3 Å². The number of carbonyl (C=O) groups excluding carboxylic acids is 2. The molecule has 0 bridgehead atoms. The van der Waals surface area contributed by atoms with Crippen LogP contribution in [0, 0.1) is 5.82 Å². The first kappa shape index (κ1) is 20.7. The van der Waals surface area contributed by atoms with E-state index in [2.05, 4.69) is 5.32 Å². The molecule has 1 aromatic carbocycles. The lowest BCUT2D eigenvalue weighted by atomic mass is 10.1. The van der Waals surface area contributed by atoms with Crippen LogP contribution < -0.4 is 5.32 Å². The Balaban J connectivity index is 2.11. The molecule has 1 saturated heterocycles. The Morgan fingerprint density at radius 2 is 1.81 bits per heavy atom. The van der Waals surface area contributed by atoms with Crippen LogP contribution in [0.25, 0.3) is 0 Å². The third-order valence-electron chi connectivity index (χ3n) is 3.83. The summed E-state index contributed by atoms with van der Waals surface area (Å²) in [5.41, 5.74) is -1.87. The van der Waals surface area contributed by atoms with E-state index in [4.69, 9.17) is 0 Å². The number of carbonyl (C=O) groups is 2.